The second-order valence-electron chi connectivity index (χ2n) is 4.37. The van der Waals surface area contributed by atoms with Crippen molar-refractivity contribution in [2.75, 3.05) is 6.26 Å². The Bertz CT molecular complexity index is 711. The van der Waals surface area contributed by atoms with E-state index in [1.54, 1.807) is 29.8 Å². The van der Waals surface area contributed by atoms with Crippen molar-refractivity contribution in [1.82, 2.24) is 4.57 Å². The number of rotatable bonds is 4. The van der Waals surface area contributed by atoms with E-state index in [2.05, 4.69) is 0 Å². The van der Waals surface area contributed by atoms with Gasteiger partial charge in [0.25, 0.3) is 10.1 Å². The van der Waals surface area contributed by atoms with E-state index >= 15 is 0 Å². The third kappa shape index (κ3) is 3.26. The molecule has 0 unspecified atom stereocenters. The van der Waals surface area contributed by atoms with Crippen molar-refractivity contribution in [2.45, 2.75) is 19.6 Å². The molecule has 1 heterocycles. The summed E-state index contributed by atoms with van der Waals surface area (Å²) in [5.74, 6) is -0.479. The van der Waals surface area contributed by atoms with Crippen molar-refractivity contribution in [3.05, 3.63) is 35.2 Å². The van der Waals surface area contributed by atoms with Crippen LogP contribution in [0.25, 0.3) is 10.9 Å². The lowest BCUT2D eigenvalue weighted by atomic mass is 10.2. The van der Waals surface area contributed by atoms with Crippen molar-refractivity contribution < 1.29 is 17.0 Å². The van der Waals surface area contributed by atoms with Crippen LogP contribution < -0.4 is 0 Å². The molecule has 1 aromatic heterocycles. The van der Waals surface area contributed by atoms with E-state index in [1.165, 1.54) is 6.07 Å². The van der Waals surface area contributed by atoms with Crippen molar-refractivity contribution in [1.29, 1.82) is 0 Å². The molecule has 1 atom stereocenters. The maximum atomic E-state index is 13.3. The number of aromatic nitrogens is 1. The Morgan fingerprint density at radius 2 is 2.11 bits per heavy atom. The Morgan fingerprint density at radius 1 is 1.42 bits per heavy atom. The third-order valence-corrected chi connectivity index (χ3v) is 3.70. The lowest BCUT2D eigenvalue weighted by molar-refractivity contribution is 0.211. The van der Waals surface area contributed by atoms with Gasteiger partial charge in [0.2, 0.25) is 0 Å². The zero-order chi connectivity index (χ0) is 14.2. The molecular formula is C12H13ClFNO3S. The summed E-state index contributed by atoms with van der Waals surface area (Å²) in [6.45, 7) is 1.98. The first-order valence-corrected chi connectivity index (χ1v) is 7.78. The molecule has 0 aliphatic rings. The Balaban J connectivity index is 2.30. The topological polar surface area (TPSA) is 48.3 Å². The molecule has 1 aromatic carbocycles. The zero-order valence-corrected chi connectivity index (χ0v) is 12.0. The first kappa shape index (κ1) is 14.3. The smallest absolute Gasteiger partial charge is 0.264 e. The molecular weight excluding hydrogens is 293 g/mol. The molecule has 2 aromatic rings. The highest BCUT2D eigenvalue weighted by atomic mass is 35.5. The number of halogens is 2. The van der Waals surface area contributed by atoms with E-state index in [1.807, 2.05) is 0 Å². The second-order valence-corrected chi connectivity index (χ2v) is 6.35. The van der Waals surface area contributed by atoms with Crippen LogP contribution in [0.1, 0.15) is 6.92 Å². The van der Waals surface area contributed by atoms with Gasteiger partial charge in [0.1, 0.15) is 5.82 Å². The molecule has 19 heavy (non-hydrogen) atoms. The van der Waals surface area contributed by atoms with Gasteiger partial charge in [-0.1, -0.05) is 11.6 Å². The fraction of sp³-hybridized carbons (Fsp3) is 0.333. The first-order valence-electron chi connectivity index (χ1n) is 5.59. The van der Waals surface area contributed by atoms with Gasteiger partial charge in [-0.25, -0.2) is 4.39 Å². The highest BCUT2D eigenvalue weighted by molar-refractivity contribution is 7.86. The average Bonchev–Trinajstić information content (AvgIpc) is 2.65. The van der Waals surface area contributed by atoms with Crippen molar-refractivity contribution in [3.63, 3.8) is 0 Å². The predicted octanol–water partition coefficient (Wildman–Crippen LogP) is 2.80. The van der Waals surface area contributed by atoms with Crippen molar-refractivity contribution in [3.8, 4) is 0 Å². The molecule has 2 rings (SSSR count). The summed E-state index contributed by atoms with van der Waals surface area (Å²) >= 11 is 5.87. The molecule has 0 spiro atoms. The fourth-order valence-corrected chi connectivity index (χ4v) is 2.86. The molecule has 104 valence electrons. The van der Waals surface area contributed by atoms with Gasteiger partial charge in [-0.05, 0) is 25.1 Å². The molecule has 4 nitrogen and oxygen atoms in total. The van der Waals surface area contributed by atoms with Gasteiger partial charge in [-0.2, -0.15) is 8.42 Å². The highest BCUT2D eigenvalue weighted by Gasteiger charge is 2.14. The zero-order valence-electron chi connectivity index (χ0n) is 10.4. The highest BCUT2D eigenvalue weighted by Crippen LogP contribution is 2.27. The number of hydrogen-bond acceptors (Lipinski definition) is 3. The standard InChI is InChI=1S/C12H13ClFNO3S/c1-8(18-19(2,16)17)7-15-6-5-9-11(15)4-3-10(14)12(9)13/h3-6,8H,7H2,1-2H3/t8-/m1/s1. The maximum absolute atomic E-state index is 13.3. The van der Waals surface area contributed by atoms with E-state index in [4.69, 9.17) is 15.8 Å². The van der Waals surface area contributed by atoms with Crippen LogP contribution in [0.4, 0.5) is 4.39 Å². The normalized spacial score (nSPS) is 13.9. The third-order valence-electron chi connectivity index (χ3n) is 2.63. The van der Waals surface area contributed by atoms with Gasteiger partial charge in [-0.3, -0.25) is 4.18 Å². The lowest BCUT2D eigenvalue weighted by Crippen LogP contribution is -2.19. The predicted molar refractivity (Wildman–Crippen MR) is 72.3 cm³/mol. The minimum Gasteiger partial charge on any atom is -0.345 e. The maximum Gasteiger partial charge on any atom is 0.264 e. The summed E-state index contributed by atoms with van der Waals surface area (Å²) in [4.78, 5) is 0. The first-order chi connectivity index (χ1) is 8.78. The minimum absolute atomic E-state index is 0.0629. The van der Waals surface area contributed by atoms with Crippen molar-refractivity contribution >= 4 is 32.6 Å². The molecule has 0 saturated heterocycles. The quantitative estimate of drug-likeness (QED) is 0.816. The van der Waals surface area contributed by atoms with Gasteiger partial charge >= 0.3 is 0 Å². The van der Waals surface area contributed by atoms with E-state index < -0.39 is 22.0 Å². The number of benzene rings is 1. The molecule has 0 saturated carbocycles. The van der Waals surface area contributed by atoms with E-state index in [-0.39, 0.29) is 5.02 Å². The van der Waals surface area contributed by atoms with Gasteiger partial charge in [-0.15, -0.1) is 0 Å². The van der Waals surface area contributed by atoms with Crippen LogP contribution in [-0.4, -0.2) is 25.3 Å². The van der Waals surface area contributed by atoms with Crippen LogP contribution in [-0.2, 0) is 20.8 Å². The van der Waals surface area contributed by atoms with Gasteiger partial charge in [0.15, 0.2) is 0 Å². The molecule has 0 bridgehead atoms. The Morgan fingerprint density at radius 3 is 2.74 bits per heavy atom. The molecule has 0 N–H and O–H groups in total. The van der Waals surface area contributed by atoms with Crippen molar-refractivity contribution in [2.24, 2.45) is 0 Å². The summed E-state index contributed by atoms with van der Waals surface area (Å²) < 4.78 is 42.0. The van der Waals surface area contributed by atoms with E-state index in [9.17, 15) is 12.8 Å². The monoisotopic (exact) mass is 305 g/mol. The summed E-state index contributed by atoms with van der Waals surface area (Å²) in [5.41, 5.74) is 0.732. The van der Waals surface area contributed by atoms with Crippen LogP contribution >= 0.6 is 11.6 Å². The van der Waals surface area contributed by atoms with E-state index in [0.717, 1.165) is 11.8 Å². The van der Waals surface area contributed by atoms with Crippen LogP contribution in [0, 0.1) is 5.82 Å². The summed E-state index contributed by atoms with van der Waals surface area (Å²) in [6.07, 6.45) is 2.20. The molecule has 0 aliphatic heterocycles. The number of fused-ring (bicyclic) bond motifs is 1. The SMILES string of the molecule is C[C@H](Cn1ccc2c(Cl)c(F)ccc21)OS(C)(=O)=O. The molecule has 0 radical (unpaired) electrons. The van der Waals surface area contributed by atoms with Gasteiger partial charge < -0.3 is 4.57 Å². The number of nitrogens with zero attached hydrogens (tertiary/aromatic N) is 1. The number of hydrogen-bond donors (Lipinski definition) is 0. The van der Waals surface area contributed by atoms with Crippen LogP contribution in [0.2, 0.25) is 5.02 Å². The summed E-state index contributed by atoms with van der Waals surface area (Å²) in [7, 11) is -3.49. The van der Waals surface area contributed by atoms with Crippen LogP contribution in [0.3, 0.4) is 0 Å². The molecule has 0 aliphatic carbocycles. The molecule has 7 heteroatoms. The Hall–Kier alpha value is -1.11. The molecule has 0 fully saturated rings. The van der Waals surface area contributed by atoms with Crippen LogP contribution in [0.15, 0.2) is 24.4 Å². The second kappa shape index (κ2) is 5.11. The summed E-state index contributed by atoms with van der Waals surface area (Å²) in [6, 6.07) is 4.57. The lowest BCUT2D eigenvalue weighted by Gasteiger charge is -2.13. The van der Waals surface area contributed by atoms with Gasteiger partial charge in [0.05, 0.1) is 23.9 Å². The van der Waals surface area contributed by atoms with Gasteiger partial charge in [0, 0.05) is 17.1 Å². The average molecular weight is 306 g/mol. The largest absolute Gasteiger partial charge is 0.345 e. The van der Waals surface area contributed by atoms with Crippen LogP contribution in [0.5, 0.6) is 0 Å². The fourth-order valence-electron chi connectivity index (χ4n) is 1.97. The summed E-state index contributed by atoms with van der Waals surface area (Å²) in [5, 5.41) is 0.654. The van der Waals surface area contributed by atoms with E-state index in [0.29, 0.717) is 11.9 Å². The molecule has 0 amide bonds. The Labute approximate surface area is 115 Å². The Kier molecular flexibility index (Phi) is 3.85. The minimum atomic E-state index is -3.49.